The second-order valence-corrected chi connectivity index (χ2v) is 15.9. The maximum absolute atomic E-state index is 11.3. The molecule has 0 aromatic heterocycles. The van der Waals surface area contributed by atoms with E-state index in [1.54, 1.807) is 14.2 Å². The van der Waals surface area contributed by atoms with Crippen molar-refractivity contribution < 1.29 is 14.3 Å². The van der Waals surface area contributed by atoms with Gasteiger partial charge in [0, 0.05) is 31.9 Å². The van der Waals surface area contributed by atoms with Crippen LogP contribution in [0.25, 0.3) is 5.57 Å². The van der Waals surface area contributed by atoms with Crippen molar-refractivity contribution in [1.82, 2.24) is 5.32 Å². The summed E-state index contributed by atoms with van der Waals surface area (Å²) in [6.07, 6.45) is 16.7. The van der Waals surface area contributed by atoms with Gasteiger partial charge in [0.25, 0.3) is 0 Å². The SMILES string of the molecule is COC(CNC12CCCC1C1CCC3C4(C)CC=C(c5ccc(C=O)cc5)C(C)(C)C4CCC3(C)[C@]1(C)CC2)OC. The molecular weight excluding hydrogens is 506 g/mol. The van der Waals surface area contributed by atoms with Crippen molar-refractivity contribution in [3.63, 3.8) is 0 Å². The Hall–Kier alpha value is -1.49. The van der Waals surface area contributed by atoms with Crippen LogP contribution in [0.3, 0.4) is 0 Å². The zero-order chi connectivity index (χ0) is 29.3. The maximum atomic E-state index is 11.3. The molecule has 7 unspecified atom stereocenters. The fourth-order valence-corrected chi connectivity index (χ4v) is 12.3. The monoisotopic (exact) mass is 561 g/mol. The molecule has 6 rings (SSSR count). The molecule has 0 saturated heterocycles. The van der Waals surface area contributed by atoms with E-state index in [1.165, 1.54) is 75.3 Å². The van der Waals surface area contributed by atoms with Gasteiger partial charge in [0.05, 0.1) is 0 Å². The lowest BCUT2D eigenvalue weighted by Gasteiger charge is -2.72. The standard InChI is InChI=1S/C37H55NO3/c1-33(2)27(26-12-10-25(24-39)11-13-26)16-19-34(3)30(33)17-20-36(5)31(34)15-14-28-29-9-8-18-37(29,22-21-35(28,36)4)38-23-32(40-6)41-7/h10-13,16,24,28-32,38H,8-9,14-15,17-23H2,1-7H3/t28?,29?,30?,31?,34?,35-,36?,37?/m1/s1. The van der Waals surface area contributed by atoms with Gasteiger partial charge in [-0.1, -0.05) is 71.4 Å². The first kappa shape index (κ1) is 29.6. The highest BCUT2D eigenvalue weighted by molar-refractivity contribution is 5.78. The molecule has 5 aliphatic carbocycles. The van der Waals surface area contributed by atoms with Crippen LogP contribution < -0.4 is 5.32 Å². The van der Waals surface area contributed by atoms with Crippen LogP contribution in [0.15, 0.2) is 30.3 Å². The molecule has 0 amide bonds. The molecule has 226 valence electrons. The van der Waals surface area contributed by atoms with E-state index in [1.807, 2.05) is 12.1 Å². The summed E-state index contributed by atoms with van der Waals surface area (Å²) in [4.78, 5) is 11.3. The molecule has 0 bridgehead atoms. The molecule has 1 aromatic rings. The number of allylic oxidation sites excluding steroid dienone is 2. The summed E-state index contributed by atoms with van der Waals surface area (Å²) in [5.74, 6) is 3.00. The number of hydrogen-bond donors (Lipinski definition) is 1. The first-order chi connectivity index (χ1) is 19.5. The number of ether oxygens (including phenoxy) is 2. The molecule has 1 N–H and O–H groups in total. The summed E-state index contributed by atoms with van der Waals surface area (Å²) >= 11 is 0. The Kier molecular flexibility index (Phi) is 7.43. The third-order valence-corrected chi connectivity index (χ3v) is 14.4. The first-order valence-electron chi connectivity index (χ1n) is 16.6. The molecular formula is C37H55NO3. The number of carbonyl (C=O) groups is 1. The van der Waals surface area contributed by atoms with Crippen LogP contribution in [0.1, 0.15) is 115 Å². The molecule has 41 heavy (non-hydrogen) atoms. The Morgan fingerprint density at radius 2 is 1.59 bits per heavy atom. The zero-order valence-corrected chi connectivity index (χ0v) is 26.9. The van der Waals surface area contributed by atoms with E-state index in [9.17, 15) is 4.79 Å². The normalized spacial score (nSPS) is 43.0. The summed E-state index contributed by atoms with van der Waals surface area (Å²) in [5, 5.41) is 4.05. The molecule has 0 aliphatic heterocycles. The average molecular weight is 562 g/mol. The van der Waals surface area contributed by atoms with Crippen LogP contribution in [-0.2, 0) is 9.47 Å². The van der Waals surface area contributed by atoms with Gasteiger partial charge in [0.2, 0.25) is 0 Å². The molecule has 4 saturated carbocycles. The van der Waals surface area contributed by atoms with Crippen LogP contribution in [0.5, 0.6) is 0 Å². The molecule has 4 heteroatoms. The number of methoxy groups -OCH3 is 2. The van der Waals surface area contributed by atoms with Gasteiger partial charge in [-0.15, -0.1) is 0 Å². The van der Waals surface area contributed by atoms with Crippen molar-refractivity contribution in [3.05, 3.63) is 41.5 Å². The first-order valence-corrected chi connectivity index (χ1v) is 16.6. The topological polar surface area (TPSA) is 47.6 Å². The number of benzene rings is 1. The Bertz CT molecular complexity index is 1170. The van der Waals surface area contributed by atoms with E-state index in [-0.39, 0.29) is 17.2 Å². The Morgan fingerprint density at radius 3 is 2.27 bits per heavy atom. The smallest absolute Gasteiger partial charge is 0.169 e. The minimum Gasteiger partial charge on any atom is -0.355 e. The largest absolute Gasteiger partial charge is 0.355 e. The lowest BCUT2D eigenvalue weighted by atomic mass is 9.33. The van der Waals surface area contributed by atoms with Crippen molar-refractivity contribution in [3.8, 4) is 0 Å². The number of rotatable bonds is 7. The Balaban J connectivity index is 1.29. The zero-order valence-electron chi connectivity index (χ0n) is 26.9. The van der Waals surface area contributed by atoms with Gasteiger partial charge in [-0.3, -0.25) is 4.79 Å². The summed E-state index contributed by atoms with van der Waals surface area (Å²) in [5.41, 5.74) is 5.02. The number of hydrogen-bond acceptors (Lipinski definition) is 4. The number of nitrogens with one attached hydrogen (secondary N) is 1. The van der Waals surface area contributed by atoms with Crippen molar-refractivity contribution in [2.45, 2.75) is 111 Å². The fraction of sp³-hybridized carbons (Fsp3) is 0.757. The van der Waals surface area contributed by atoms with Crippen LogP contribution in [0.4, 0.5) is 0 Å². The van der Waals surface area contributed by atoms with E-state index in [2.05, 4.69) is 58.1 Å². The van der Waals surface area contributed by atoms with Gasteiger partial charge in [-0.05, 0) is 114 Å². The van der Waals surface area contributed by atoms with Gasteiger partial charge in [-0.25, -0.2) is 0 Å². The van der Waals surface area contributed by atoms with E-state index in [4.69, 9.17) is 9.47 Å². The summed E-state index contributed by atoms with van der Waals surface area (Å²) in [7, 11) is 3.51. The highest BCUT2D eigenvalue weighted by Gasteiger charge is 2.69. The highest BCUT2D eigenvalue weighted by atomic mass is 16.7. The molecule has 0 heterocycles. The van der Waals surface area contributed by atoms with Gasteiger partial charge in [-0.2, -0.15) is 0 Å². The van der Waals surface area contributed by atoms with Gasteiger partial charge < -0.3 is 14.8 Å². The number of aldehydes is 1. The van der Waals surface area contributed by atoms with Crippen molar-refractivity contribution in [2.75, 3.05) is 20.8 Å². The molecule has 4 nitrogen and oxygen atoms in total. The minimum atomic E-state index is -0.169. The minimum absolute atomic E-state index is 0.116. The van der Waals surface area contributed by atoms with Crippen molar-refractivity contribution in [1.29, 1.82) is 0 Å². The second kappa shape index (κ2) is 10.3. The van der Waals surface area contributed by atoms with Crippen LogP contribution in [-0.4, -0.2) is 38.9 Å². The summed E-state index contributed by atoms with van der Waals surface area (Å²) in [6.45, 7) is 13.9. The molecule has 4 fully saturated rings. The lowest BCUT2D eigenvalue weighted by Crippen LogP contribution is -2.67. The van der Waals surface area contributed by atoms with Gasteiger partial charge in [0.1, 0.15) is 6.29 Å². The van der Waals surface area contributed by atoms with Crippen LogP contribution in [0, 0.1) is 45.3 Å². The van der Waals surface area contributed by atoms with Crippen LogP contribution >= 0.6 is 0 Å². The predicted molar refractivity (Wildman–Crippen MR) is 167 cm³/mol. The highest BCUT2D eigenvalue weighted by Crippen LogP contribution is 2.76. The Morgan fingerprint density at radius 1 is 0.854 bits per heavy atom. The summed E-state index contributed by atoms with van der Waals surface area (Å²) < 4.78 is 11.1. The third-order valence-electron chi connectivity index (χ3n) is 14.4. The van der Waals surface area contributed by atoms with Crippen molar-refractivity contribution in [2.24, 2.45) is 45.3 Å². The Labute approximate surface area is 249 Å². The van der Waals surface area contributed by atoms with E-state index >= 15 is 0 Å². The quantitative estimate of drug-likeness (QED) is 0.269. The van der Waals surface area contributed by atoms with E-state index < -0.39 is 0 Å². The predicted octanol–water partition coefficient (Wildman–Crippen LogP) is 8.31. The second-order valence-electron chi connectivity index (χ2n) is 15.9. The molecule has 5 aliphatic rings. The number of carbonyl (C=O) groups excluding carboxylic acids is 1. The fourth-order valence-electron chi connectivity index (χ4n) is 12.3. The number of fused-ring (bicyclic) bond motifs is 7. The lowest BCUT2D eigenvalue weighted by molar-refractivity contribution is -0.217. The van der Waals surface area contributed by atoms with E-state index in [0.29, 0.717) is 22.2 Å². The van der Waals surface area contributed by atoms with Crippen molar-refractivity contribution >= 4 is 11.9 Å². The molecule has 0 radical (unpaired) electrons. The van der Waals surface area contributed by atoms with E-state index in [0.717, 1.165) is 36.1 Å². The molecule has 8 atom stereocenters. The third kappa shape index (κ3) is 4.20. The van der Waals surface area contributed by atoms with Gasteiger partial charge >= 0.3 is 0 Å². The summed E-state index contributed by atoms with van der Waals surface area (Å²) in [6, 6.07) is 8.31. The molecule has 1 aromatic carbocycles. The molecule has 0 spiro atoms. The van der Waals surface area contributed by atoms with Gasteiger partial charge in [0.15, 0.2) is 6.29 Å². The average Bonchev–Trinajstić information content (AvgIpc) is 3.38. The maximum Gasteiger partial charge on any atom is 0.169 e. The van der Waals surface area contributed by atoms with Crippen LogP contribution in [0.2, 0.25) is 0 Å².